The molecule has 0 aliphatic carbocycles. The smallest absolute Gasteiger partial charge is 0.251 e. The predicted octanol–water partition coefficient (Wildman–Crippen LogP) is 3.24. The highest BCUT2D eigenvalue weighted by atomic mass is 16.5. The molecule has 5 rings (SSSR count). The first-order chi connectivity index (χ1) is 15.7. The number of rotatable bonds is 7. The van der Waals surface area contributed by atoms with E-state index in [1.807, 2.05) is 76.8 Å². The molecule has 4 heterocycles. The fourth-order valence-corrected chi connectivity index (χ4v) is 3.61. The van der Waals surface area contributed by atoms with Gasteiger partial charge in [0.2, 0.25) is 0 Å². The Balaban J connectivity index is 1.19. The third kappa shape index (κ3) is 4.02. The van der Waals surface area contributed by atoms with Crippen LogP contribution < -0.4 is 10.1 Å². The second-order valence-corrected chi connectivity index (χ2v) is 7.52. The first-order valence-corrected chi connectivity index (χ1v) is 10.4. The van der Waals surface area contributed by atoms with Crippen molar-refractivity contribution in [1.29, 1.82) is 0 Å². The molecule has 0 unspecified atom stereocenters. The summed E-state index contributed by atoms with van der Waals surface area (Å²) in [4.78, 5) is 17.2. The standard InChI is InChI=1S/C24H22N6O2/c1-17-6-5-12-29-15-19(26-23(17)29)16-32-20-8-4-7-18(14-20)24(31)25-11-10-22-28-27-21-9-2-3-13-30(21)22/h2-9,12-15H,10-11,16H2,1H3,(H,25,31). The Bertz CT molecular complexity index is 1400. The fourth-order valence-electron chi connectivity index (χ4n) is 3.61. The number of nitrogens with one attached hydrogen (secondary N) is 1. The Morgan fingerprint density at radius 3 is 2.91 bits per heavy atom. The zero-order chi connectivity index (χ0) is 21.9. The van der Waals surface area contributed by atoms with Crippen molar-refractivity contribution in [3.63, 3.8) is 0 Å². The number of hydrogen-bond acceptors (Lipinski definition) is 5. The molecule has 0 aliphatic rings. The number of imidazole rings is 1. The van der Waals surface area contributed by atoms with Crippen molar-refractivity contribution < 1.29 is 9.53 Å². The molecule has 0 saturated carbocycles. The van der Waals surface area contributed by atoms with Gasteiger partial charge in [-0.15, -0.1) is 10.2 Å². The summed E-state index contributed by atoms with van der Waals surface area (Å²) in [6.07, 6.45) is 6.41. The van der Waals surface area contributed by atoms with Gasteiger partial charge in [-0.05, 0) is 48.9 Å². The molecule has 1 aromatic carbocycles. The minimum atomic E-state index is -0.160. The molecule has 0 radical (unpaired) electrons. The summed E-state index contributed by atoms with van der Waals surface area (Å²) in [7, 11) is 0. The van der Waals surface area contributed by atoms with Gasteiger partial charge >= 0.3 is 0 Å². The van der Waals surface area contributed by atoms with E-state index in [0.29, 0.717) is 30.9 Å². The van der Waals surface area contributed by atoms with E-state index in [-0.39, 0.29) is 5.91 Å². The summed E-state index contributed by atoms with van der Waals surface area (Å²) in [5.74, 6) is 1.27. The van der Waals surface area contributed by atoms with Crippen molar-refractivity contribution in [2.24, 2.45) is 0 Å². The van der Waals surface area contributed by atoms with Gasteiger partial charge in [0.05, 0.1) is 5.69 Å². The van der Waals surface area contributed by atoms with E-state index in [4.69, 9.17) is 4.74 Å². The SMILES string of the molecule is Cc1cccn2cc(COc3cccc(C(=O)NCCc4nnc5ccccn45)c3)nc12. The molecule has 0 atom stereocenters. The lowest BCUT2D eigenvalue weighted by molar-refractivity contribution is 0.0953. The summed E-state index contributed by atoms with van der Waals surface area (Å²) in [5.41, 5.74) is 4.19. The second kappa shape index (κ2) is 8.50. The van der Waals surface area contributed by atoms with E-state index >= 15 is 0 Å². The molecule has 5 aromatic rings. The number of carbonyl (C=O) groups is 1. The Morgan fingerprint density at radius 2 is 2.00 bits per heavy atom. The highest BCUT2D eigenvalue weighted by molar-refractivity contribution is 5.94. The first-order valence-electron chi connectivity index (χ1n) is 10.4. The van der Waals surface area contributed by atoms with Crippen LogP contribution in [0.25, 0.3) is 11.3 Å². The number of benzene rings is 1. The Morgan fingerprint density at radius 1 is 1.06 bits per heavy atom. The Labute approximate surface area is 184 Å². The molecule has 8 nitrogen and oxygen atoms in total. The summed E-state index contributed by atoms with van der Waals surface area (Å²) in [5, 5.41) is 11.3. The third-order valence-corrected chi connectivity index (χ3v) is 5.23. The van der Waals surface area contributed by atoms with Crippen molar-refractivity contribution in [3.8, 4) is 5.75 Å². The number of pyridine rings is 2. The van der Waals surface area contributed by atoms with Crippen molar-refractivity contribution >= 4 is 17.2 Å². The van der Waals surface area contributed by atoms with Gasteiger partial charge < -0.3 is 14.5 Å². The molecular formula is C24H22N6O2. The van der Waals surface area contributed by atoms with E-state index in [1.165, 1.54) is 0 Å². The number of nitrogens with zero attached hydrogens (tertiary/aromatic N) is 5. The summed E-state index contributed by atoms with van der Waals surface area (Å²) in [6.45, 7) is 2.81. The maximum absolute atomic E-state index is 12.6. The van der Waals surface area contributed by atoms with Crippen LogP contribution in [0, 0.1) is 6.92 Å². The van der Waals surface area contributed by atoms with Gasteiger partial charge in [0.25, 0.3) is 5.91 Å². The maximum Gasteiger partial charge on any atom is 0.251 e. The highest BCUT2D eigenvalue weighted by Gasteiger charge is 2.10. The molecule has 0 spiro atoms. The molecule has 160 valence electrons. The zero-order valence-electron chi connectivity index (χ0n) is 17.6. The molecule has 8 heteroatoms. The van der Waals surface area contributed by atoms with Gasteiger partial charge in [-0.25, -0.2) is 4.98 Å². The predicted molar refractivity (Wildman–Crippen MR) is 120 cm³/mol. The molecule has 0 aliphatic heterocycles. The van der Waals surface area contributed by atoms with Crippen LogP contribution in [-0.4, -0.2) is 36.4 Å². The summed E-state index contributed by atoms with van der Waals surface area (Å²) in [6, 6.07) is 16.9. The minimum Gasteiger partial charge on any atom is -0.487 e. The molecule has 32 heavy (non-hydrogen) atoms. The van der Waals surface area contributed by atoms with Crippen LogP contribution in [-0.2, 0) is 13.0 Å². The van der Waals surface area contributed by atoms with E-state index in [2.05, 4.69) is 20.5 Å². The molecule has 1 amide bonds. The molecule has 1 N–H and O–H groups in total. The van der Waals surface area contributed by atoms with Gasteiger partial charge in [-0.3, -0.25) is 9.20 Å². The lowest BCUT2D eigenvalue weighted by atomic mass is 10.2. The normalized spacial score (nSPS) is 11.2. The van der Waals surface area contributed by atoms with Crippen LogP contribution in [0.5, 0.6) is 5.75 Å². The molecular weight excluding hydrogens is 404 g/mol. The molecule has 4 aromatic heterocycles. The van der Waals surface area contributed by atoms with E-state index < -0.39 is 0 Å². The van der Waals surface area contributed by atoms with Crippen molar-refractivity contribution in [1.82, 2.24) is 29.3 Å². The third-order valence-electron chi connectivity index (χ3n) is 5.23. The van der Waals surface area contributed by atoms with E-state index in [1.54, 1.807) is 12.1 Å². The van der Waals surface area contributed by atoms with Gasteiger partial charge in [-0.2, -0.15) is 0 Å². The monoisotopic (exact) mass is 426 g/mol. The average molecular weight is 426 g/mol. The maximum atomic E-state index is 12.6. The van der Waals surface area contributed by atoms with Crippen molar-refractivity contribution in [2.45, 2.75) is 20.0 Å². The largest absolute Gasteiger partial charge is 0.487 e. The molecule has 0 saturated heterocycles. The van der Waals surface area contributed by atoms with Gasteiger partial charge in [0.1, 0.15) is 23.8 Å². The summed E-state index contributed by atoms with van der Waals surface area (Å²) >= 11 is 0. The van der Waals surface area contributed by atoms with Crippen LogP contribution >= 0.6 is 0 Å². The lowest BCUT2D eigenvalue weighted by Crippen LogP contribution is -2.26. The van der Waals surface area contributed by atoms with Crippen LogP contribution in [0.3, 0.4) is 0 Å². The van der Waals surface area contributed by atoms with Gasteiger partial charge in [0.15, 0.2) is 5.65 Å². The van der Waals surface area contributed by atoms with E-state index in [0.717, 1.165) is 28.4 Å². The average Bonchev–Trinajstić information content (AvgIpc) is 3.43. The van der Waals surface area contributed by atoms with Gasteiger partial charge in [0, 0.05) is 37.1 Å². The minimum absolute atomic E-state index is 0.160. The van der Waals surface area contributed by atoms with Crippen LogP contribution in [0.1, 0.15) is 27.4 Å². The zero-order valence-corrected chi connectivity index (χ0v) is 17.6. The second-order valence-electron chi connectivity index (χ2n) is 7.52. The first kappa shape index (κ1) is 19.7. The number of amides is 1. The van der Waals surface area contributed by atoms with E-state index in [9.17, 15) is 4.79 Å². The summed E-state index contributed by atoms with van der Waals surface area (Å²) < 4.78 is 9.79. The Hall–Kier alpha value is -4.20. The Kier molecular flexibility index (Phi) is 5.25. The molecule has 0 bridgehead atoms. The number of aryl methyl sites for hydroxylation is 1. The van der Waals surface area contributed by atoms with Crippen LogP contribution in [0.2, 0.25) is 0 Å². The number of fused-ring (bicyclic) bond motifs is 2. The van der Waals surface area contributed by atoms with Crippen LogP contribution in [0.15, 0.2) is 73.2 Å². The number of carbonyl (C=O) groups excluding carboxylic acids is 1. The van der Waals surface area contributed by atoms with Crippen LogP contribution in [0.4, 0.5) is 0 Å². The quantitative estimate of drug-likeness (QED) is 0.432. The molecule has 0 fully saturated rings. The van der Waals surface area contributed by atoms with Crippen molar-refractivity contribution in [3.05, 3.63) is 95.8 Å². The fraction of sp³-hybridized carbons (Fsp3) is 0.167. The number of hydrogen-bond donors (Lipinski definition) is 1. The lowest BCUT2D eigenvalue weighted by Gasteiger charge is -2.08. The number of aromatic nitrogens is 5. The van der Waals surface area contributed by atoms with Crippen molar-refractivity contribution in [2.75, 3.05) is 6.54 Å². The number of ether oxygens (including phenoxy) is 1. The van der Waals surface area contributed by atoms with Gasteiger partial charge in [-0.1, -0.05) is 18.2 Å². The highest BCUT2D eigenvalue weighted by Crippen LogP contribution is 2.16. The topological polar surface area (TPSA) is 85.8 Å².